The number of nitrogens with zero attached hydrogens (tertiary/aromatic N) is 3. The topological polar surface area (TPSA) is 56.7 Å². The van der Waals surface area contributed by atoms with Crippen LogP contribution in [0.25, 0.3) is 11.4 Å². The smallest absolute Gasteiger partial charge is 0.163 e. The molecule has 1 aromatic heterocycles. The summed E-state index contributed by atoms with van der Waals surface area (Å²) in [6, 6.07) is 8.24. The average Bonchev–Trinajstić information content (AvgIpc) is 2.65. The molecule has 4 nitrogen and oxygen atoms in total. The summed E-state index contributed by atoms with van der Waals surface area (Å²) in [5.74, 6) is 0.883. The number of rotatable bonds is 3. The van der Waals surface area contributed by atoms with Crippen molar-refractivity contribution in [1.29, 1.82) is 0 Å². The summed E-state index contributed by atoms with van der Waals surface area (Å²) in [5.41, 5.74) is 7.84. The second-order valence-corrected chi connectivity index (χ2v) is 3.50. The number of benzene rings is 1. The molecule has 0 fully saturated rings. The molecule has 0 aliphatic heterocycles. The highest BCUT2D eigenvalue weighted by Gasteiger charge is 2.04. The Morgan fingerprint density at radius 3 is 2.93 bits per heavy atom. The third kappa shape index (κ3) is 2.05. The molecule has 4 heteroatoms. The van der Waals surface area contributed by atoms with E-state index in [9.17, 15) is 0 Å². The molecule has 0 saturated carbocycles. The molecular formula is C11H14N4. The zero-order valence-electron chi connectivity index (χ0n) is 8.72. The average molecular weight is 202 g/mol. The molecule has 1 aromatic carbocycles. The second kappa shape index (κ2) is 4.23. The van der Waals surface area contributed by atoms with Crippen LogP contribution in [0.1, 0.15) is 5.56 Å². The molecule has 15 heavy (non-hydrogen) atoms. The van der Waals surface area contributed by atoms with Gasteiger partial charge in [-0.25, -0.2) is 0 Å². The van der Waals surface area contributed by atoms with Crippen molar-refractivity contribution in [3.05, 3.63) is 36.2 Å². The molecule has 0 aliphatic rings. The van der Waals surface area contributed by atoms with E-state index in [1.54, 1.807) is 6.33 Å². The Balaban J connectivity index is 2.37. The van der Waals surface area contributed by atoms with Gasteiger partial charge < -0.3 is 10.3 Å². The lowest BCUT2D eigenvalue weighted by Gasteiger charge is -2.03. The fraction of sp³-hybridized carbons (Fsp3) is 0.273. The molecule has 0 amide bonds. The molecule has 0 unspecified atom stereocenters. The van der Waals surface area contributed by atoms with Crippen LogP contribution in [0.3, 0.4) is 0 Å². The van der Waals surface area contributed by atoms with Gasteiger partial charge in [-0.2, -0.15) is 0 Å². The maximum Gasteiger partial charge on any atom is 0.163 e. The molecule has 0 radical (unpaired) electrons. The predicted molar refractivity (Wildman–Crippen MR) is 59.2 cm³/mol. The van der Waals surface area contributed by atoms with Gasteiger partial charge in [0.15, 0.2) is 5.82 Å². The fourth-order valence-corrected chi connectivity index (χ4v) is 1.58. The maximum atomic E-state index is 5.53. The summed E-state index contributed by atoms with van der Waals surface area (Å²) < 4.78 is 1.90. The molecule has 2 aromatic rings. The van der Waals surface area contributed by atoms with Crippen LogP contribution in [0.2, 0.25) is 0 Å². The highest BCUT2D eigenvalue weighted by molar-refractivity contribution is 5.56. The molecule has 2 rings (SSSR count). The quantitative estimate of drug-likeness (QED) is 0.807. The van der Waals surface area contributed by atoms with E-state index in [0.717, 1.165) is 17.8 Å². The summed E-state index contributed by atoms with van der Waals surface area (Å²) in [6.45, 7) is 0.669. The summed E-state index contributed by atoms with van der Waals surface area (Å²) >= 11 is 0. The second-order valence-electron chi connectivity index (χ2n) is 3.50. The summed E-state index contributed by atoms with van der Waals surface area (Å²) in [4.78, 5) is 0. The van der Waals surface area contributed by atoms with Crippen LogP contribution in [0.15, 0.2) is 30.6 Å². The van der Waals surface area contributed by atoms with Gasteiger partial charge in [0.05, 0.1) is 0 Å². The van der Waals surface area contributed by atoms with Crippen molar-refractivity contribution < 1.29 is 0 Å². The van der Waals surface area contributed by atoms with Gasteiger partial charge in [0, 0.05) is 12.6 Å². The molecule has 0 atom stereocenters. The van der Waals surface area contributed by atoms with Crippen LogP contribution in [-0.2, 0) is 13.5 Å². The molecule has 0 bridgehead atoms. The summed E-state index contributed by atoms with van der Waals surface area (Å²) in [7, 11) is 1.94. The van der Waals surface area contributed by atoms with E-state index in [1.807, 2.05) is 23.7 Å². The van der Waals surface area contributed by atoms with Crippen molar-refractivity contribution in [2.75, 3.05) is 6.54 Å². The van der Waals surface area contributed by atoms with Gasteiger partial charge in [-0.15, -0.1) is 10.2 Å². The van der Waals surface area contributed by atoms with Crippen LogP contribution in [0.4, 0.5) is 0 Å². The van der Waals surface area contributed by atoms with Crippen molar-refractivity contribution in [2.45, 2.75) is 6.42 Å². The highest BCUT2D eigenvalue weighted by Crippen LogP contribution is 2.17. The lowest BCUT2D eigenvalue weighted by atomic mass is 10.1. The zero-order chi connectivity index (χ0) is 10.7. The molecule has 0 aliphatic carbocycles. The van der Waals surface area contributed by atoms with Crippen LogP contribution in [0.5, 0.6) is 0 Å². The van der Waals surface area contributed by atoms with Crippen LogP contribution >= 0.6 is 0 Å². The SMILES string of the molecule is Cn1cnnc1-c1cccc(CCN)c1. The van der Waals surface area contributed by atoms with Crippen molar-refractivity contribution in [2.24, 2.45) is 12.8 Å². The minimum absolute atomic E-state index is 0.669. The van der Waals surface area contributed by atoms with Gasteiger partial charge in [0.25, 0.3) is 0 Å². The monoisotopic (exact) mass is 202 g/mol. The van der Waals surface area contributed by atoms with Gasteiger partial charge >= 0.3 is 0 Å². The van der Waals surface area contributed by atoms with Crippen molar-refractivity contribution in [3.63, 3.8) is 0 Å². The number of aryl methyl sites for hydroxylation is 1. The maximum absolute atomic E-state index is 5.53. The standard InChI is InChI=1S/C11H14N4/c1-15-8-13-14-11(15)10-4-2-3-9(7-10)5-6-12/h2-4,7-8H,5-6,12H2,1H3. The number of hydrogen-bond acceptors (Lipinski definition) is 3. The Kier molecular flexibility index (Phi) is 2.78. The minimum Gasteiger partial charge on any atom is -0.330 e. The van der Waals surface area contributed by atoms with Gasteiger partial charge in [0.1, 0.15) is 6.33 Å². The molecule has 2 N–H and O–H groups in total. The molecule has 0 spiro atoms. The van der Waals surface area contributed by atoms with Gasteiger partial charge in [-0.1, -0.05) is 18.2 Å². The first kappa shape index (κ1) is 9.86. The Morgan fingerprint density at radius 2 is 2.27 bits per heavy atom. The van der Waals surface area contributed by atoms with Crippen molar-refractivity contribution in [3.8, 4) is 11.4 Å². The van der Waals surface area contributed by atoms with E-state index in [-0.39, 0.29) is 0 Å². The van der Waals surface area contributed by atoms with E-state index in [2.05, 4.69) is 22.3 Å². The lowest BCUT2D eigenvalue weighted by molar-refractivity contribution is 0.918. The van der Waals surface area contributed by atoms with E-state index in [1.165, 1.54) is 5.56 Å². The number of aromatic nitrogens is 3. The zero-order valence-corrected chi connectivity index (χ0v) is 8.72. The van der Waals surface area contributed by atoms with Crippen LogP contribution in [0, 0.1) is 0 Å². The van der Waals surface area contributed by atoms with E-state index >= 15 is 0 Å². The van der Waals surface area contributed by atoms with Gasteiger partial charge in [0.2, 0.25) is 0 Å². The first-order chi connectivity index (χ1) is 7.31. The first-order valence-corrected chi connectivity index (χ1v) is 4.94. The minimum atomic E-state index is 0.669. The Morgan fingerprint density at radius 1 is 1.40 bits per heavy atom. The fourth-order valence-electron chi connectivity index (χ4n) is 1.58. The van der Waals surface area contributed by atoms with Crippen LogP contribution in [-0.4, -0.2) is 21.3 Å². The largest absolute Gasteiger partial charge is 0.330 e. The summed E-state index contributed by atoms with van der Waals surface area (Å²) in [6.07, 6.45) is 2.59. The molecule has 0 saturated heterocycles. The normalized spacial score (nSPS) is 10.5. The van der Waals surface area contributed by atoms with Crippen molar-refractivity contribution in [1.82, 2.24) is 14.8 Å². The summed E-state index contributed by atoms with van der Waals surface area (Å²) in [5, 5.41) is 7.93. The van der Waals surface area contributed by atoms with Crippen LogP contribution < -0.4 is 5.73 Å². The third-order valence-corrected chi connectivity index (χ3v) is 2.33. The van der Waals surface area contributed by atoms with Gasteiger partial charge in [-0.05, 0) is 24.6 Å². The Bertz CT molecular complexity index is 447. The van der Waals surface area contributed by atoms with E-state index < -0.39 is 0 Å². The lowest BCUT2D eigenvalue weighted by Crippen LogP contribution is -2.02. The Hall–Kier alpha value is -1.68. The molecular weight excluding hydrogens is 188 g/mol. The predicted octanol–water partition coefficient (Wildman–Crippen LogP) is 0.983. The first-order valence-electron chi connectivity index (χ1n) is 4.94. The van der Waals surface area contributed by atoms with Gasteiger partial charge in [-0.3, -0.25) is 0 Å². The molecule has 78 valence electrons. The number of hydrogen-bond donors (Lipinski definition) is 1. The van der Waals surface area contributed by atoms with E-state index in [0.29, 0.717) is 6.54 Å². The van der Waals surface area contributed by atoms with E-state index in [4.69, 9.17) is 5.73 Å². The Labute approximate surface area is 88.8 Å². The highest BCUT2D eigenvalue weighted by atomic mass is 15.2. The molecule has 1 heterocycles. The third-order valence-electron chi connectivity index (χ3n) is 2.33. The number of nitrogens with two attached hydrogens (primary N) is 1. The van der Waals surface area contributed by atoms with Crippen molar-refractivity contribution >= 4 is 0 Å².